The van der Waals surface area contributed by atoms with Gasteiger partial charge in [-0.15, -0.1) is 11.3 Å². The Kier molecular flexibility index (Phi) is 5.20. The third kappa shape index (κ3) is 3.41. The summed E-state index contributed by atoms with van der Waals surface area (Å²) in [6, 6.07) is 3.02. The van der Waals surface area contributed by atoms with Crippen LogP contribution in [0.25, 0.3) is 0 Å². The number of amides is 1. The molecular formula is C15H17ClN4O4S2. The largest absolute Gasteiger partial charge is 0.336 e. The summed E-state index contributed by atoms with van der Waals surface area (Å²) < 4.78 is 27.1. The number of hydrogen-bond donors (Lipinski definition) is 1. The lowest BCUT2D eigenvalue weighted by Gasteiger charge is -2.33. The van der Waals surface area contributed by atoms with E-state index in [0.29, 0.717) is 15.6 Å². The minimum absolute atomic E-state index is 0.0545. The Bertz CT molecular complexity index is 1010. The molecule has 0 aromatic carbocycles. The SMILES string of the molecule is Cc1n[nH]c(=O)c(C(=O)N2CCN(S(=O)(=O)c3ccc(Cl)s3)CC2)c1C. The van der Waals surface area contributed by atoms with Crippen molar-refractivity contribution in [3.8, 4) is 0 Å². The van der Waals surface area contributed by atoms with E-state index in [4.69, 9.17) is 11.6 Å². The second-order valence-electron chi connectivity index (χ2n) is 5.89. The molecule has 1 N–H and O–H groups in total. The molecule has 0 spiro atoms. The van der Waals surface area contributed by atoms with E-state index in [-0.39, 0.29) is 36.0 Å². The van der Waals surface area contributed by atoms with Gasteiger partial charge in [0.2, 0.25) is 0 Å². The van der Waals surface area contributed by atoms with Crippen LogP contribution < -0.4 is 5.56 Å². The van der Waals surface area contributed by atoms with Crippen LogP contribution in [-0.2, 0) is 10.0 Å². The number of rotatable bonds is 3. The summed E-state index contributed by atoms with van der Waals surface area (Å²) in [5.41, 5.74) is 0.617. The number of aromatic nitrogens is 2. The van der Waals surface area contributed by atoms with Crippen molar-refractivity contribution in [2.45, 2.75) is 18.1 Å². The van der Waals surface area contributed by atoms with Crippen molar-refractivity contribution >= 4 is 38.9 Å². The van der Waals surface area contributed by atoms with Crippen LogP contribution in [0.3, 0.4) is 0 Å². The number of nitrogens with zero attached hydrogens (tertiary/aromatic N) is 3. The van der Waals surface area contributed by atoms with Crippen molar-refractivity contribution in [1.82, 2.24) is 19.4 Å². The zero-order chi connectivity index (χ0) is 19.1. The highest BCUT2D eigenvalue weighted by Gasteiger charge is 2.32. The standard InChI is InChI=1S/C15H17ClN4O4S2/c1-9-10(2)17-18-14(21)13(9)15(22)19-5-7-20(8-6-19)26(23,24)12-4-3-11(16)25-12/h3-4H,5-8H2,1-2H3,(H,18,21). The first-order valence-electron chi connectivity index (χ1n) is 7.82. The highest BCUT2D eigenvalue weighted by Crippen LogP contribution is 2.28. The number of halogens is 1. The van der Waals surface area contributed by atoms with Crippen LogP contribution in [0.4, 0.5) is 0 Å². The summed E-state index contributed by atoms with van der Waals surface area (Å²) >= 11 is 6.83. The molecule has 0 radical (unpaired) electrons. The van der Waals surface area contributed by atoms with Crippen molar-refractivity contribution in [2.75, 3.05) is 26.2 Å². The zero-order valence-corrected chi connectivity index (χ0v) is 16.5. The van der Waals surface area contributed by atoms with Gasteiger partial charge in [0.1, 0.15) is 9.77 Å². The summed E-state index contributed by atoms with van der Waals surface area (Å²) in [5.74, 6) is -0.412. The maximum atomic E-state index is 12.7. The molecule has 2 aromatic heterocycles. The molecule has 2 aromatic rings. The number of carbonyl (C=O) groups is 1. The molecule has 0 saturated carbocycles. The third-order valence-electron chi connectivity index (χ3n) is 4.35. The van der Waals surface area contributed by atoms with Gasteiger partial charge >= 0.3 is 0 Å². The van der Waals surface area contributed by atoms with Gasteiger partial charge in [-0.05, 0) is 31.5 Å². The van der Waals surface area contributed by atoms with Crippen LogP contribution in [0, 0.1) is 13.8 Å². The van der Waals surface area contributed by atoms with E-state index in [1.165, 1.54) is 15.3 Å². The maximum Gasteiger partial charge on any atom is 0.277 e. The van der Waals surface area contributed by atoms with Crippen molar-refractivity contribution < 1.29 is 13.2 Å². The van der Waals surface area contributed by atoms with Gasteiger partial charge in [-0.3, -0.25) is 9.59 Å². The van der Waals surface area contributed by atoms with Gasteiger partial charge < -0.3 is 4.90 Å². The van der Waals surface area contributed by atoms with Crippen LogP contribution in [0.15, 0.2) is 21.1 Å². The Morgan fingerprint density at radius 3 is 2.46 bits per heavy atom. The molecule has 0 aliphatic carbocycles. The quantitative estimate of drug-likeness (QED) is 0.810. The molecule has 3 rings (SSSR count). The van der Waals surface area contributed by atoms with Gasteiger partial charge in [0.05, 0.1) is 10.0 Å². The van der Waals surface area contributed by atoms with E-state index in [9.17, 15) is 18.0 Å². The third-order valence-corrected chi connectivity index (χ3v) is 7.95. The molecular weight excluding hydrogens is 400 g/mol. The minimum Gasteiger partial charge on any atom is -0.336 e. The summed E-state index contributed by atoms with van der Waals surface area (Å²) in [5, 5.41) is 6.16. The highest BCUT2D eigenvalue weighted by molar-refractivity contribution is 7.91. The van der Waals surface area contributed by atoms with E-state index in [2.05, 4.69) is 10.2 Å². The Morgan fingerprint density at radius 2 is 1.88 bits per heavy atom. The predicted molar refractivity (Wildman–Crippen MR) is 98.3 cm³/mol. The van der Waals surface area contributed by atoms with Crippen LogP contribution in [-0.4, -0.2) is 59.9 Å². The topological polar surface area (TPSA) is 103 Å². The predicted octanol–water partition coefficient (Wildman–Crippen LogP) is 1.25. The summed E-state index contributed by atoms with van der Waals surface area (Å²) in [6.45, 7) is 4.11. The van der Waals surface area contributed by atoms with Gasteiger partial charge in [0, 0.05) is 26.2 Å². The monoisotopic (exact) mass is 416 g/mol. The van der Waals surface area contributed by atoms with Crippen molar-refractivity contribution in [3.05, 3.63) is 43.6 Å². The molecule has 11 heteroatoms. The van der Waals surface area contributed by atoms with E-state index >= 15 is 0 Å². The van der Waals surface area contributed by atoms with Gasteiger partial charge in [-0.1, -0.05) is 11.6 Å². The molecule has 1 aliphatic heterocycles. The Labute approximate surface area is 159 Å². The molecule has 26 heavy (non-hydrogen) atoms. The number of nitrogens with one attached hydrogen (secondary N) is 1. The van der Waals surface area contributed by atoms with Crippen LogP contribution in [0.1, 0.15) is 21.6 Å². The van der Waals surface area contributed by atoms with Crippen LogP contribution in [0.5, 0.6) is 0 Å². The molecule has 0 unspecified atom stereocenters. The average Bonchev–Trinajstić information content (AvgIpc) is 3.06. The van der Waals surface area contributed by atoms with E-state index in [0.717, 1.165) is 11.3 Å². The van der Waals surface area contributed by atoms with E-state index in [1.807, 2.05) is 0 Å². The fourth-order valence-corrected chi connectivity index (χ4v) is 5.80. The van der Waals surface area contributed by atoms with Crippen LogP contribution in [0.2, 0.25) is 4.34 Å². The average molecular weight is 417 g/mol. The Hall–Kier alpha value is -1.75. The second kappa shape index (κ2) is 7.10. The lowest BCUT2D eigenvalue weighted by Crippen LogP contribution is -2.51. The zero-order valence-electron chi connectivity index (χ0n) is 14.2. The summed E-state index contributed by atoms with van der Waals surface area (Å²) in [6.07, 6.45) is 0. The summed E-state index contributed by atoms with van der Waals surface area (Å²) in [4.78, 5) is 26.2. The highest BCUT2D eigenvalue weighted by atomic mass is 35.5. The Morgan fingerprint density at radius 1 is 1.23 bits per heavy atom. The number of piperazine rings is 1. The normalized spacial score (nSPS) is 16.0. The number of aromatic amines is 1. The van der Waals surface area contributed by atoms with Gasteiger partial charge in [-0.2, -0.15) is 9.40 Å². The van der Waals surface area contributed by atoms with E-state index < -0.39 is 21.5 Å². The molecule has 3 heterocycles. The van der Waals surface area contributed by atoms with Gasteiger partial charge in [-0.25, -0.2) is 13.5 Å². The number of hydrogen-bond acceptors (Lipinski definition) is 6. The molecule has 1 amide bonds. The summed E-state index contributed by atoms with van der Waals surface area (Å²) in [7, 11) is -3.63. The number of carbonyl (C=O) groups excluding carboxylic acids is 1. The first-order valence-corrected chi connectivity index (χ1v) is 10.5. The fraction of sp³-hybridized carbons (Fsp3) is 0.400. The lowest BCUT2D eigenvalue weighted by molar-refractivity contribution is 0.0695. The van der Waals surface area contributed by atoms with Crippen molar-refractivity contribution in [3.63, 3.8) is 0 Å². The van der Waals surface area contributed by atoms with E-state index in [1.54, 1.807) is 19.9 Å². The van der Waals surface area contributed by atoms with Crippen molar-refractivity contribution in [1.29, 1.82) is 0 Å². The number of thiophene rings is 1. The van der Waals surface area contributed by atoms with Gasteiger partial charge in [0.15, 0.2) is 0 Å². The molecule has 8 nitrogen and oxygen atoms in total. The first-order chi connectivity index (χ1) is 12.2. The second-order valence-corrected chi connectivity index (χ2v) is 9.77. The Balaban J connectivity index is 1.76. The maximum absolute atomic E-state index is 12.7. The molecule has 1 saturated heterocycles. The fourth-order valence-electron chi connectivity index (χ4n) is 2.74. The molecule has 0 atom stereocenters. The molecule has 1 fully saturated rings. The van der Waals surface area contributed by atoms with Gasteiger partial charge in [0.25, 0.3) is 21.5 Å². The lowest BCUT2D eigenvalue weighted by atomic mass is 10.1. The smallest absolute Gasteiger partial charge is 0.277 e. The first kappa shape index (κ1) is 19.0. The minimum atomic E-state index is -3.63. The number of H-pyrrole nitrogens is 1. The molecule has 1 aliphatic rings. The number of sulfonamides is 1. The van der Waals surface area contributed by atoms with Crippen LogP contribution >= 0.6 is 22.9 Å². The number of aryl methyl sites for hydroxylation is 1. The molecule has 0 bridgehead atoms. The van der Waals surface area contributed by atoms with Crippen molar-refractivity contribution in [2.24, 2.45) is 0 Å². The molecule has 140 valence electrons.